The van der Waals surface area contributed by atoms with Gasteiger partial charge in [-0.05, 0) is 25.2 Å². The number of hydrogen-bond donors (Lipinski definition) is 1. The zero-order valence-corrected chi connectivity index (χ0v) is 12.2. The monoisotopic (exact) mass is 264 g/mol. The molecule has 1 N–H and O–H groups in total. The van der Waals surface area contributed by atoms with E-state index in [9.17, 15) is 0 Å². The van der Waals surface area contributed by atoms with Crippen molar-refractivity contribution in [3.8, 4) is 0 Å². The van der Waals surface area contributed by atoms with E-state index < -0.39 is 0 Å². The molecule has 1 aromatic carbocycles. The molecule has 0 saturated carbocycles. The third-order valence-electron chi connectivity index (χ3n) is 3.64. The van der Waals surface area contributed by atoms with E-state index in [1.54, 1.807) is 0 Å². The fourth-order valence-electron chi connectivity index (χ4n) is 2.63. The van der Waals surface area contributed by atoms with Crippen molar-refractivity contribution in [3.63, 3.8) is 0 Å². The largest absolute Gasteiger partial charge is 0.311 e. The second-order valence-corrected chi connectivity index (χ2v) is 6.05. The molecule has 100 valence electrons. The maximum Gasteiger partial charge on any atom is 0.0236 e. The average Bonchev–Trinajstić information content (AvgIpc) is 2.40. The molecule has 0 radical (unpaired) electrons. The van der Waals surface area contributed by atoms with Crippen molar-refractivity contribution in [2.24, 2.45) is 0 Å². The number of thioether (sulfide) groups is 1. The summed E-state index contributed by atoms with van der Waals surface area (Å²) in [5.41, 5.74) is 1.44. The van der Waals surface area contributed by atoms with Crippen molar-refractivity contribution in [3.05, 3.63) is 35.9 Å². The van der Waals surface area contributed by atoms with Gasteiger partial charge in [-0.15, -0.1) is 0 Å². The first kappa shape index (κ1) is 13.9. The summed E-state index contributed by atoms with van der Waals surface area (Å²) < 4.78 is 0. The van der Waals surface area contributed by atoms with E-state index in [1.807, 2.05) is 11.8 Å². The number of rotatable bonds is 5. The molecule has 1 heterocycles. The minimum atomic E-state index is 0.602. The molecule has 1 aliphatic heterocycles. The molecule has 3 heteroatoms. The minimum absolute atomic E-state index is 0.602. The summed E-state index contributed by atoms with van der Waals surface area (Å²) in [6.07, 6.45) is 3.34. The van der Waals surface area contributed by atoms with E-state index >= 15 is 0 Å². The molecule has 0 aliphatic carbocycles. The Morgan fingerprint density at radius 1 is 1.39 bits per heavy atom. The smallest absolute Gasteiger partial charge is 0.0236 e. The van der Waals surface area contributed by atoms with Crippen LogP contribution in [0.2, 0.25) is 0 Å². The van der Waals surface area contributed by atoms with Crippen molar-refractivity contribution in [1.29, 1.82) is 0 Å². The number of hydrogen-bond acceptors (Lipinski definition) is 3. The molecule has 18 heavy (non-hydrogen) atoms. The highest BCUT2D eigenvalue weighted by Crippen LogP contribution is 2.12. The molecule has 1 saturated heterocycles. The van der Waals surface area contributed by atoms with Gasteiger partial charge in [0.15, 0.2) is 0 Å². The summed E-state index contributed by atoms with van der Waals surface area (Å²) in [5.74, 6) is 1.23. The van der Waals surface area contributed by atoms with Crippen LogP contribution in [0.15, 0.2) is 30.3 Å². The van der Waals surface area contributed by atoms with Gasteiger partial charge in [0.05, 0.1) is 0 Å². The van der Waals surface area contributed by atoms with Gasteiger partial charge in [-0.3, -0.25) is 4.90 Å². The molecule has 0 bridgehead atoms. The van der Waals surface area contributed by atoms with E-state index in [2.05, 4.69) is 53.7 Å². The van der Waals surface area contributed by atoms with E-state index in [4.69, 9.17) is 0 Å². The lowest BCUT2D eigenvalue weighted by atomic mass is 10.0. The van der Waals surface area contributed by atoms with Crippen LogP contribution in [0, 0.1) is 0 Å². The van der Waals surface area contributed by atoms with Crippen LogP contribution in [0.1, 0.15) is 12.5 Å². The second-order valence-electron chi connectivity index (χ2n) is 5.14. The molecule has 1 aliphatic rings. The van der Waals surface area contributed by atoms with Crippen LogP contribution in [-0.4, -0.2) is 48.6 Å². The molecule has 2 atom stereocenters. The van der Waals surface area contributed by atoms with Crippen LogP contribution in [0.5, 0.6) is 0 Å². The number of benzene rings is 1. The Bertz CT molecular complexity index is 342. The SMILES string of the molecule is CSCC(C)N1CCNC(Cc2ccccc2)C1. The van der Waals surface area contributed by atoms with Crippen molar-refractivity contribution >= 4 is 11.8 Å². The molecule has 2 rings (SSSR count). The molecule has 1 fully saturated rings. The Morgan fingerprint density at radius 3 is 2.89 bits per heavy atom. The van der Waals surface area contributed by atoms with E-state index in [-0.39, 0.29) is 0 Å². The van der Waals surface area contributed by atoms with Gasteiger partial charge in [-0.25, -0.2) is 0 Å². The fraction of sp³-hybridized carbons (Fsp3) is 0.600. The number of nitrogens with zero attached hydrogens (tertiary/aromatic N) is 1. The lowest BCUT2D eigenvalue weighted by Crippen LogP contribution is -2.54. The first-order chi connectivity index (χ1) is 8.79. The summed E-state index contributed by atoms with van der Waals surface area (Å²) in [5, 5.41) is 3.65. The fourth-order valence-corrected chi connectivity index (χ4v) is 3.33. The van der Waals surface area contributed by atoms with Crippen molar-refractivity contribution in [2.75, 3.05) is 31.6 Å². The zero-order valence-electron chi connectivity index (χ0n) is 11.4. The van der Waals surface area contributed by atoms with Crippen LogP contribution in [0.4, 0.5) is 0 Å². The van der Waals surface area contributed by atoms with Crippen LogP contribution >= 0.6 is 11.8 Å². The first-order valence-electron chi connectivity index (χ1n) is 6.80. The Balaban J connectivity index is 1.87. The summed E-state index contributed by atoms with van der Waals surface area (Å²) in [6.45, 7) is 5.83. The molecule has 2 nitrogen and oxygen atoms in total. The van der Waals surface area contributed by atoms with Crippen LogP contribution in [-0.2, 0) is 6.42 Å². The molecule has 1 aromatic rings. The van der Waals surface area contributed by atoms with Gasteiger partial charge >= 0.3 is 0 Å². The van der Waals surface area contributed by atoms with Crippen molar-refractivity contribution < 1.29 is 0 Å². The highest BCUT2D eigenvalue weighted by molar-refractivity contribution is 7.98. The zero-order chi connectivity index (χ0) is 12.8. The predicted molar refractivity (Wildman–Crippen MR) is 81.4 cm³/mol. The van der Waals surface area contributed by atoms with Gasteiger partial charge in [-0.2, -0.15) is 11.8 Å². The molecular formula is C15H24N2S. The van der Waals surface area contributed by atoms with E-state index in [0.29, 0.717) is 12.1 Å². The summed E-state index contributed by atoms with van der Waals surface area (Å²) in [7, 11) is 0. The van der Waals surface area contributed by atoms with Crippen LogP contribution in [0.25, 0.3) is 0 Å². The number of piperazine rings is 1. The van der Waals surface area contributed by atoms with Gasteiger partial charge in [0, 0.05) is 37.5 Å². The van der Waals surface area contributed by atoms with Gasteiger partial charge in [0.25, 0.3) is 0 Å². The Hall–Kier alpha value is -0.510. The molecule has 0 amide bonds. The molecular weight excluding hydrogens is 240 g/mol. The highest BCUT2D eigenvalue weighted by Gasteiger charge is 2.22. The Morgan fingerprint density at radius 2 is 2.17 bits per heavy atom. The maximum atomic E-state index is 3.65. The van der Waals surface area contributed by atoms with Crippen LogP contribution in [0.3, 0.4) is 0 Å². The summed E-state index contributed by atoms with van der Waals surface area (Å²) in [4.78, 5) is 2.63. The Kier molecular flexibility index (Phi) is 5.54. The third kappa shape index (κ3) is 4.01. The van der Waals surface area contributed by atoms with Gasteiger partial charge in [-0.1, -0.05) is 30.3 Å². The maximum absolute atomic E-state index is 3.65. The van der Waals surface area contributed by atoms with Crippen molar-refractivity contribution in [1.82, 2.24) is 10.2 Å². The van der Waals surface area contributed by atoms with Gasteiger partial charge in [0.2, 0.25) is 0 Å². The van der Waals surface area contributed by atoms with Gasteiger partial charge in [0.1, 0.15) is 0 Å². The lowest BCUT2D eigenvalue weighted by Gasteiger charge is -2.37. The second kappa shape index (κ2) is 7.17. The summed E-state index contributed by atoms with van der Waals surface area (Å²) in [6, 6.07) is 12.1. The Labute approximate surface area is 115 Å². The van der Waals surface area contributed by atoms with Crippen LogP contribution < -0.4 is 5.32 Å². The normalized spacial score (nSPS) is 22.9. The van der Waals surface area contributed by atoms with Gasteiger partial charge < -0.3 is 5.32 Å². The lowest BCUT2D eigenvalue weighted by molar-refractivity contribution is 0.164. The first-order valence-corrected chi connectivity index (χ1v) is 8.19. The molecule has 0 aromatic heterocycles. The quantitative estimate of drug-likeness (QED) is 0.878. The number of nitrogens with one attached hydrogen (secondary N) is 1. The third-order valence-corrected chi connectivity index (χ3v) is 4.46. The minimum Gasteiger partial charge on any atom is -0.311 e. The van der Waals surface area contributed by atoms with E-state index in [0.717, 1.165) is 13.0 Å². The topological polar surface area (TPSA) is 15.3 Å². The summed E-state index contributed by atoms with van der Waals surface area (Å²) >= 11 is 1.95. The average molecular weight is 264 g/mol. The molecule has 0 spiro atoms. The standard InChI is InChI=1S/C15H24N2S/c1-13(12-18-2)17-9-8-16-15(11-17)10-14-6-4-3-5-7-14/h3-7,13,15-16H,8-12H2,1-2H3. The molecule has 2 unspecified atom stereocenters. The van der Waals surface area contributed by atoms with Crippen molar-refractivity contribution in [2.45, 2.75) is 25.4 Å². The highest BCUT2D eigenvalue weighted by atomic mass is 32.2. The predicted octanol–water partition coefficient (Wildman–Crippen LogP) is 2.25. The van der Waals surface area contributed by atoms with E-state index in [1.165, 1.54) is 24.4 Å².